The molecule has 6 nitrogen and oxygen atoms in total. The minimum Gasteiger partial charge on any atom is -0.324 e. The predicted octanol–water partition coefficient (Wildman–Crippen LogP) is 3.39. The van der Waals surface area contributed by atoms with Crippen LogP contribution in [-0.4, -0.2) is 45.1 Å². The van der Waals surface area contributed by atoms with Gasteiger partial charge in [0, 0.05) is 12.2 Å². The van der Waals surface area contributed by atoms with E-state index in [2.05, 4.69) is 10.2 Å². The lowest BCUT2D eigenvalue weighted by molar-refractivity contribution is -0.114. The summed E-state index contributed by atoms with van der Waals surface area (Å²) in [6, 6.07) is 14.9. The van der Waals surface area contributed by atoms with E-state index in [1.807, 2.05) is 37.3 Å². The van der Waals surface area contributed by atoms with Gasteiger partial charge in [0.15, 0.2) is 0 Å². The summed E-state index contributed by atoms with van der Waals surface area (Å²) >= 11 is 0. The Morgan fingerprint density at radius 2 is 1.79 bits per heavy atom. The van der Waals surface area contributed by atoms with Crippen LogP contribution in [0, 0.1) is 6.92 Å². The molecule has 0 atom stereocenters. The second-order valence-electron chi connectivity index (χ2n) is 7.65. The third-order valence-electron chi connectivity index (χ3n) is 5.11. The fourth-order valence-electron chi connectivity index (χ4n) is 3.64. The Hall–Kier alpha value is -2.38. The Labute approximate surface area is 173 Å². The van der Waals surface area contributed by atoms with Crippen LogP contribution in [0.15, 0.2) is 48.5 Å². The molecular formula is C22H29N3O3S. The number of nitrogens with zero attached hydrogens (tertiary/aromatic N) is 2. The second-order valence-corrected chi connectivity index (χ2v) is 9.56. The van der Waals surface area contributed by atoms with Gasteiger partial charge in [-0.25, -0.2) is 8.42 Å². The maximum Gasteiger partial charge on any atom is 0.245 e. The minimum atomic E-state index is -3.59. The van der Waals surface area contributed by atoms with Crippen LogP contribution in [0.25, 0.3) is 0 Å². The fourth-order valence-corrected chi connectivity index (χ4v) is 4.49. The van der Waals surface area contributed by atoms with Gasteiger partial charge < -0.3 is 5.32 Å². The molecule has 1 saturated heterocycles. The van der Waals surface area contributed by atoms with Crippen molar-refractivity contribution in [1.29, 1.82) is 0 Å². The van der Waals surface area contributed by atoms with Crippen molar-refractivity contribution in [2.24, 2.45) is 0 Å². The molecule has 0 aliphatic carbocycles. The smallest absolute Gasteiger partial charge is 0.245 e. The zero-order valence-electron chi connectivity index (χ0n) is 17.1. The molecule has 1 N–H and O–H groups in total. The average Bonchev–Trinajstić information content (AvgIpc) is 2.67. The first-order chi connectivity index (χ1) is 13.8. The van der Waals surface area contributed by atoms with Crippen LogP contribution in [0.1, 0.15) is 30.4 Å². The van der Waals surface area contributed by atoms with Gasteiger partial charge in [-0.15, -0.1) is 0 Å². The molecule has 0 radical (unpaired) electrons. The number of sulfonamides is 1. The quantitative estimate of drug-likeness (QED) is 0.753. The van der Waals surface area contributed by atoms with Gasteiger partial charge in [-0.05, 0) is 62.2 Å². The first-order valence-electron chi connectivity index (χ1n) is 9.97. The Morgan fingerprint density at radius 1 is 1.07 bits per heavy atom. The summed E-state index contributed by atoms with van der Waals surface area (Å²) in [4.78, 5) is 15.1. The molecule has 1 amide bonds. The van der Waals surface area contributed by atoms with E-state index >= 15 is 0 Å². The van der Waals surface area contributed by atoms with Crippen LogP contribution in [0.5, 0.6) is 0 Å². The first kappa shape index (κ1) is 21.3. The van der Waals surface area contributed by atoms with Gasteiger partial charge in [-0.1, -0.05) is 36.8 Å². The van der Waals surface area contributed by atoms with Crippen molar-refractivity contribution in [3.63, 3.8) is 0 Å². The highest BCUT2D eigenvalue weighted by molar-refractivity contribution is 7.92. The average molecular weight is 416 g/mol. The topological polar surface area (TPSA) is 69.7 Å². The molecule has 0 unspecified atom stereocenters. The van der Waals surface area contributed by atoms with E-state index in [1.165, 1.54) is 19.3 Å². The molecule has 156 valence electrons. The monoisotopic (exact) mass is 415 g/mol. The lowest BCUT2D eigenvalue weighted by atomic mass is 10.1. The number of hydrogen-bond donors (Lipinski definition) is 1. The van der Waals surface area contributed by atoms with E-state index in [1.54, 1.807) is 18.2 Å². The number of amides is 1. The first-order valence-corrected chi connectivity index (χ1v) is 11.8. The number of nitrogens with one attached hydrogen (secondary N) is 1. The van der Waals surface area contributed by atoms with Crippen molar-refractivity contribution in [2.45, 2.75) is 32.7 Å². The summed E-state index contributed by atoms with van der Waals surface area (Å²) in [6.07, 6.45) is 4.80. The van der Waals surface area contributed by atoms with Gasteiger partial charge in [0.2, 0.25) is 15.9 Å². The van der Waals surface area contributed by atoms with Crippen LogP contribution in [0.2, 0.25) is 0 Å². The Morgan fingerprint density at radius 3 is 2.48 bits per heavy atom. The van der Waals surface area contributed by atoms with E-state index in [4.69, 9.17) is 0 Å². The van der Waals surface area contributed by atoms with Crippen molar-refractivity contribution in [1.82, 2.24) is 4.90 Å². The number of piperidine rings is 1. The number of carbonyl (C=O) groups excluding carboxylic acids is 1. The second kappa shape index (κ2) is 9.41. The van der Waals surface area contributed by atoms with E-state index in [9.17, 15) is 13.2 Å². The molecule has 1 aliphatic heterocycles. The lowest BCUT2D eigenvalue weighted by Gasteiger charge is -2.27. The van der Waals surface area contributed by atoms with E-state index in [0.717, 1.165) is 47.0 Å². The number of aryl methyl sites for hydroxylation is 1. The molecule has 1 heterocycles. The van der Waals surface area contributed by atoms with Crippen molar-refractivity contribution < 1.29 is 13.2 Å². The molecule has 0 aromatic heterocycles. The highest BCUT2D eigenvalue weighted by Crippen LogP contribution is 2.22. The zero-order chi connectivity index (χ0) is 20.9. The summed E-state index contributed by atoms with van der Waals surface area (Å²) in [5.74, 6) is -0.358. The van der Waals surface area contributed by atoms with Gasteiger partial charge in [0.25, 0.3) is 0 Å². The van der Waals surface area contributed by atoms with Gasteiger partial charge in [0.05, 0.1) is 11.9 Å². The molecule has 2 aromatic carbocycles. The third-order valence-corrected chi connectivity index (χ3v) is 6.25. The third kappa shape index (κ3) is 6.05. The summed E-state index contributed by atoms with van der Waals surface area (Å²) in [6.45, 7) is 4.54. The summed E-state index contributed by atoms with van der Waals surface area (Å²) in [7, 11) is -3.59. The molecule has 0 bridgehead atoms. The van der Waals surface area contributed by atoms with Crippen LogP contribution < -0.4 is 9.62 Å². The molecule has 1 aliphatic rings. The highest BCUT2D eigenvalue weighted by atomic mass is 32.2. The van der Waals surface area contributed by atoms with Crippen LogP contribution in [0.3, 0.4) is 0 Å². The predicted molar refractivity (Wildman–Crippen MR) is 118 cm³/mol. The molecule has 0 saturated carbocycles. The number of hydrogen-bond acceptors (Lipinski definition) is 4. The van der Waals surface area contributed by atoms with Gasteiger partial charge in [-0.2, -0.15) is 0 Å². The van der Waals surface area contributed by atoms with Crippen molar-refractivity contribution in [3.8, 4) is 0 Å². The standard InChI is InChI=1S/C22H29N3O3S/c1-18-9-8-11-20(15-18)25(29(2,27)28)17-22(26)23-21-12-5-4-10-19(21)16-24-13-6-3-7-14-24/h4-5,8-12,15H,3,6-7,13-14,16-17H2,1-2H3,(H,23,26). The van der Waals surface area contributed by atoms with Gasteiger partial charge in [0.1, 0.15) is 6.54 Å². The van der Waals surface area contributed by atoms with Gasteiger partial charge >= 0.3 is 0 Å². The molecule has 7 heteroatoms. The highest BCUT2D eigenvalue weighted by Gasteiger charge is 2.21. The molecule has 0 spiro atoms. The van der Waals surface area contributed by atoms with Crippen LogP contribution in [-0.2, 0) is 21.4 Å². The lowest BCUT2D eigenvalue weighted by Crippen LogP contribution is -2.37. The normalized spacial score (nSPS) is 15.1. The number of carbonyl (C=O) groups is 1. The largest absolute Gasteiger partial charge is 0.324 e. The number of anilines is 2. The Kier molecular flexibility index (Phi) is 6.92. The van der Waals surface area contributed by atoms with E-state index < -0.39 is 10.0 Å². The van der Waals surface area contributed by atoms with E-state index in [-0.39, 0.29) is 12.5 Å². The fraction of sp³-hybridized carbons (Fsp3) is 0.409. The van der Waals surface area contributed by atoms with Crippen LogP contribution in [0.4, 0.5) is 11.4 Å². The summed E-state index contributed by atoms with van der Waals surface area (Å²) in [5, 5.41) is 2.92. The van der Waals surface area contributed by atoms with Crippen molar-refractivity contribution >= 4 is 27.3 Å². The zero-order valence-corrected chi connectivity index (χ0v) is 17.9. The molecule has 3 rings (SSSR count). The van der Waals surface area contributed by atoms with Gasteiger partial charge in [-0.3, -0.25) is 14.0 Å². The summed E-state index contributed by atoms with van der Waals surface area (Å²) in [5.41, 5.74) is 3.21. The molecule has 29 heavy (non-hydrogen) atoms. The molecular weight excluding hydrogens is 386 g/mol. The number of benzene rings is 2. The number of rotatable bonds is 7. The maximum atomic E-state index is 12.7. The van der Waals surface area contributed by atoms with Crippen molar-refractivity contribution in [3.05, 3.63) is 59.7 Å². The SMILES string of the molecule is Cc1cccc(N(CC(=O)Nc2ccccc2CN2CCCCC2)S(C)(=O)=O)c1. The molecule has 1 fully saturated rings. The van der Waals surface area contributed by atoms with E-state index in [0.29, 0.717) is 5.69 Å². The Balaban J connectivity index is 1.74. The minimum absolute atomic E-state index is 0.264. The van der Waals surface area contributed by atoms with Crippen molar-refractivity contribution in [2.75, 3.05) is 35.5 Å². The molecule has 2 aromatic rings. The number of para-hydroxylation sites is 1. The summed E-state index contributed by atoms with van der Waals surface area (Å²) < 4.78 is 25.7. The Bertz CT molecular complexity index is 953. The van der Waals surface area contributed by atoms with Crippen LogP contribution >= 0.6 is 0 Å². The number of likely N-dealkylation sites (tertiary alicyclic amines) is 1. The maximum absolute atomic E-state index is 12.7.